The van der Waals surface area contributed by atoms with E-state index in [-0.39, 0.29) is 49.8 Å². The zero-order valence-corrected chi connectivity index (χ0v) is 70.6. The lowest BCUT2D eigenvalue weighted by Crippen LogP contribution is -2.57. The molecule has 1 fully saturated rings. The van der Waals surface area contributed by atoms with Crippen LogP contribution in [-0.4, -0.2) is 213 Å². The number of Topliss-reactive ketones (excluding diaryl/α,β-unsaturated/α-hetero) is 4. The predicted octanol–water partition coefficient (Wildman–Crippen LogP) is 3.02. The highest BCUT2D eigenvalue weighted by molar-refractivity contribution is 6.05. The molecule has 2 aromatic carbocycles. The van der Waals surface area contributed by atoms with Crippen molar-refractivity contribution >= 4 is 129 Å². The largest absolute Gasteiger partial charge is 0.481 e. The quantitative estimate of drug-likeness (QED) is 0.0127. The average Bonchev–Trinajstić information content (AvgIpc) is 1.66. The molecule has 1 saturated heterocycles. The Morgan fingerprint density at radius 1 is 0.623 bits per heavy atom. The van der Waals surface area contributed by atoms with E-state index in [0.29, 0.717) is 35.7 Å². The van der Waals surface area contributed by atoms with Gasteiger partial charge in [-0.25, -0.2) is 4.79 Å². The minimum Gasteiger partial charge on any atom is -0.481 e. The van der Waals surface area contributed by atoms with E-state index in [9.17, 15) is 106 Å². The molecule has 1 aliphatic rings. The number of unbranched alkanes of at least 4 members (excludes halogenated alkanes) is 11. The Hall–Kier alpha value is -11.8. The van der Waals surface area contributed by atoms with Gasteiger partial charge in [-0.05, 0) is 102 Å². The Morgan fingerprint density at radius 2 is 1.22 bits per heavy atom. The van der Waals surface area contributed by atoms with E-state index < -0.39 is 261 Å². The molecule has 14 atom stereocenters. The van der Waals surface area contributed by atoms with Gasteiger partial charge in [0.15, 0.2) is 23.1 Å². The molecular formula is C85H123N13O24. The number of allylic oxidation sites excluding steroid dienone is 1. The van der Waals surface area contributed by atoms with E-state index in [1.165, 1.54) is 52.0 Å². The van der Waals surface area contributed by atoms with E-state index in [2.05, 4.69) is 71.7 Å². The van der Waals surface area contributed by atoms with Crippen LogP contribution in [0.15, 0.2) is 67.4 Å². The number of fused-ring (bicyclic) bond motifs is 1. The van der Waals surface area contributed by atoms with Crippen molar-refractivity contribution in [3.63, 3.8) is 0 Å². The first-order valence-corrected chi connectivity index (χ1v) is 41.7. The van der Waals surface area contributed by atoms with Crippen molar-refractivity contribution in [3.8, 4) is 0 Å². The molecule has 37 nitrogen and oxygen atoms in total. The third kappa shape index (κ3) is 37.1. The van der Waals surface area contributed by atoms with E-state index in [0.717, 1.165) is 71.1 Å². The van der Waals surface area contributed by atoms with Crippen molar-refractivity contribution in [2.24, 2.45) is 29.4 Å². The Balaban J connectivity index is 1.85. The number of carbonyl (C=O) groups is 19. The molecule has 0 spiro atoms. The van der Waals surface area contributed by atoms with Crippen molar-refractivity contribution in [1.29, 1.82) is 0 Å². The molecule has 1 aliphatic heterocycles. The first-order valence-electron chi connectivity index (χ1n) is 41.7. The van der Waals surface area contributed by atoms with E-state index in [4.69, 9.17) is 20.9 Å². The van der Waals surface area contributed by atoms with Gasteiger partial charge in [0.05, 0.1) is 56.6 Å². The molecule has 4 rings (SSSR count). The number of nitrogens with two attached hydrogens (primary N) is 2. The fourth-order valence-corrected chi connectivity index (χ4v) is 13.7. The Bertz CT molecular complexity index is 4150. The Labute approximate surface area is 708 Å². The number of ether oxygens (including phenoxy) is 2. The van der Waals surface area contributed by atoms with Gasteiger partial charge in [0.2, 0.25) is 65.0 Å². The number of rotatable bonds is 42. The van der Waals surface area contributed by atoms with Gasteiger partial charge in [-0.1, -0.05) is 115 Å². The van der Waals surface area contributed by atoms with Crippen LogP contribution in [0.25, 0.3) is 10.9 Å². The minimum absolute atomic E-state index is 0.0149. The van der Waals surface area contributed by atoms with Crippen LogP contribution < -0.4 is 64.6 Å². The number of cyclic esters (lactones) is 1. The molecule has 122 heavy (non-hydrogen) atoms. The number of nitrogen functional groups attached to an aromatic ring is 1. The second kappa shape index (κ2) is 53.8. The van der Waals surface area contributed by atoms with Gasteiger partial charge in [0, 0.05) is 91.6 Å². The summed E-state index contributed by atoms with van der Waals surface area (Å²) in [5.74, 6) is -27.9. The highest BCUT2D eigenvalue weighted by atomic mass is 16.5. The molecule has 0 saturated carbocycles. The van der Waals surface area contributed by atoms with Crippen molar-refractivity contribution in [3.05, 3.63) is 78.5 Å². The zero-order chi connectivity index (χ0) is 90.7. The van der Waals surface area contributed by atoms with Crippen molar-refractivity contribution in [1.82, 2.24) is 58.2 Å². The molecule has 1 aromatic heterocycles. The number of aliphatic carboxylic acids is 2. The van der Waals surface area contributed by atoms with Gasteiger partial charge in [-0.2, -0.15) is 0 Å². The second-order valence-corrected chi connectivity index (χ2v) is 31.2. The number of carboxylic acid groups (broad SMARTS) is 2. The number of carboxylic acids is 2. The number of primary amides is 1. The molecule has 0 aliphatic carbocycles. The standard InChI is InChI=1S/C85H123N13O24/c1-9-11-13-15-16-17-19-21-34-71(105)94-63(38-55-44-88-60-32-25-23-29-56(55)60)83(118)96-62(43-70(87)104)68(102)39-54(40-75(110)111)81(116)98-77-53(8)122-85(120)64(42-66(100)57-30-22-24-31-59(57)86)97-82(117)58(48(3)37-74(108)109)41-69(103)65(47-99)95-73(107)45-89-79(114)51(6)92-80(115)52(7)91-78(113)49(4)36-67(101)61(93-72(106)46-90-84(77)119)33-26-27-35-76(112)121-50(5)28-20-18-14-12-10-2/h10,22-25,29-32,44,48-54,58,61-65,77,88,99H,2,9,11-21,26-28,33-43,45-47,86H2,1,3-8H3,(H2,87,104)(H,89,114)(H,90,119)(H,91,113)(H,92,115)(H,93,106)(H,94,105)(H,95,107)(H,96,118)(H,97,117)(H,98,116)(H,108,109)(H,110,111)/t48?,49-,50?,51+,52-,53-,54+,58+,61+,62-,63+,64+,65-,77+/m1/s1. The maximum Gasteiger partial charge on any atom is 0.329 e. The van der Waals surface area contributed by atoms with Crippen molar-refractivity contribution < 1.29 is 116 Å². The van der Waals surface area contributed by atoms with Crippen molar-refractivity contribution in [2.45, 2.75) is 276 Å². The summed E-state index contributed by atoms with van der Waals surface area (Å²) >= 11 is 0. The molecule has 2 heterocycles. The number of ketones is 4. The lowest BCUT2D eigenvalue weighted by Gasteiger charge is -2.29. The summed E-state index contributed by atoms with van der Waals surface area (Å²) in [7, 11) is 0. The summed E-state index contributed by atoms with van der Waals surface area (Å²) in [5, 5.41) is 55.2. The molecule has 2 unspecified atom stereocenters. The molecule has 18 N–H and O–H groups in total. The Kier molecular flexibility index (Phi) is 45.2. The van der Waals surface area contributed by atoms with Gasteiger partial charge in [-0.3, -0.25) is 86.3 Å². The number of aromatic nitrogens is 1. The molecule has 0 bridgehead atoms. The summed E-state index contributed by atoms with van der Waals surface area (Å²) in [6.07, 6.45) is 5.02. The Morgan fingerprint density at radius 3 is 1.87 bits per heavy atom. The van der Waals surface area contributed by atoms with Gasteiger partial charge in [0.25, 0.3) is 0 Å². The van der Waals surface area contributed by atoms with Crippen LogP contribution in [0.3, 0.4) is 0 Å². The number of aromatic amines is 1. The number of aliphatic hydroxyl groups is 1. The number of nitrogens with one attached hydrogen (secondary N) is 11. The lowest BCUT2D eigenvalue weighted by molar-refractivity contribution is -0.156. The summed E-state index contributed by atoms with van der Waals surface area (Å²) in [6.45, 7) is 10.4. The molecule has 672 valence electrons. The number of hydrogen-bond donors (Lipinski definition) is 16. The first kappa shape index (κ1) is 103. The highest BCUT2D eigenvalue weighted by Gasteiger charge is 2.41. The summed E-state index contributed by atoms with van der Waals surface area (Å²) < 4.78 is 11.4. The van der Waals surface area contributed by atoms with E-state index in [1.54, 1.807) is 43.5 Å². The average molecular weight is 1710 g/mol. The van der Waals surface area contributed by atoms with E-state index in [1.807, 2.05) is 0 Å². The monoisotopic (exact) mass is 1710 g/mol. The molecular weight excluding hydrogens is 1590 g/mol. The predicted molar refractivity (Wildman–Crippen MR) is 444 cm³/mol. The number of benzene rings is 2. The maximum absolute atomic E-state index is 15.0. The summed E-state index contributed by atoms with van der Waals surface area (Å²) in [5.41, 5.74) is 12.7. The van der Waals surface area contributed by atoms with Crippen LogP contribution in [0.5, 0.6) is 0 Å². The first-order chi connectivity index (χ1) is 57.9. The fourth-order valence-electron chi connectivity index (χ4n) is 13.7. The van der Waals surface area contributed by atoms with Gasteiger partial charge >= 0.3 is 23.9 Å². The van der Waals surface area contributed by atoms with Crippen LogP contribution >= 0.6 is 0 Å². The third-order valence-corrected chi connectivity index (χ3v) is 20.8. The fraction of sp³-hybridized carbons (Fsp3) is 0.588. The molecule has 0 radical (unpaired) electrons. The minimum atomic E-state index is -2.34. The van der Waals surface area contributed by atoms with Crippen molar-refractivity contribution in [2.75, 3.05) is 25.4 Å². The molecule has 37 heteroatoms. The molecule has 3 aromatic rings. The van der Waals surface area contributed by atoms with E-state index >= 15 is 0 Å². The summed E-state index contributed by atoms with van der Waals surface area (Å²) in [6, 6.07) is -1.58. The number of aliphatic hydroxyl groups excluding tert-OH is 1. The van der Waals surface area contributed by atoms with Crippen LogP contribution in [0, 0.1) is 23.7 Å². The highest BCUT2D eigenvalue weighted by Crippen LogP contribution is 2.26. The number of H-pyrrole nitrogens is 1. The van der Waals surface area contributed by atoms with Gasteiger partial charge < -0.3 is 94.4 Å². The maximum atomic E-state index is 15.0. The van der Waals surface area contributed by atoms with Crippen LogP contribution in [0.2, 0.25) is 0 Å². The summed E-state index contributed by atoms with van der Waals surface area (Å²) in [4.78, 5) is 267. The number of carbonyl (C=O) groups excluding carboxylic acids is 17. The number of anilines is 1. The zero-order valence-electron chi connectivity index (χ0n) is 70.6. The normalized spacial score (nSPS) is 21.1. The number of hydrogen-bond acceptors (Lipinski definition) is 23. The lowest BCUT2D eigenvalue weighted by atomic mass is 9.84. The molecule has 11 amide bonds. The van der Waals surface area contributed by atoms with Crippen LogP contribution in [-0.2, 0) is 102 Å². The van der Waals surface area contributed by atoms with Gasteiger partial charge in [-0.15, -0.1) is 6.58 Å². The van der Waals surface area contributed by atoms with Crippen LogP contribution in [0.1, 0.15) is 225 Å². The number of para-hydroxylation sites is 2. The number of esters is 2. The second-order valence-electron chi connectivity index (χ2n) is 31.2. The number of amides is 11. The topological polar surface area (TPSA) is 592 Å². The van der Waals surface area contributed by atoms with Gasteiger partial charge in [0.1, 0.15) is 42.4 Å². The smallest absolute Gasteiger partial charge is 0.329 e. The third-order valence-electron chi connectivity index (χ3n) is 20.8. The SMILES string of the molecule is C=CCCCCCC(C)OC(=O)CCCC[C@@H]1NC(=O)CNC(=O)[C@@H](NC(=O)[C@H](CC(=O)O)CC(=O)[C@@H](CC(N)=O)NC(=O)[C@H](Cc2c[nH]c3ccccc23)NC(=O)CCCCCCCCCC)[C@@H](C)OC(=O)[C@H](CC(=O)c2ccccc2N)NC(=O)[C@H](C(C)CC(=O)O)CC(=O)[C@@H](CO)NC(=O)CNC(=O)[C@H](C)NC(=O)[C@@H](C)NC(=O)[C@H](C)CC1=O. The van der Waals surface area contributed by atoms with Crippen LogP contribution in [0.4, 0.5) is 5.69 Å².